The maximum absolute atomic E-state index is 13.1. The van der Waals surface area contributed by atoms with E-state index >= 15 is 0 Å². The summed E-state index contributed by atoms with van der Waals surface area (Å²) in [6, 6.07) is 5.12. The van der Waals surface area contributed by atoms with Gasteiger partial charge in [-0.25, -0.2) is 9.59 Å². The van der Waals surface area contributed by atoms with Crippen LogP contribution in [-0.2, 0) is 24.7 Å². The molecule has 0 N–H and O–H groups in total. The van der Waals surface area contributed by atoms with E-state index < -0.39 is 11.9 Å². The Bertz CT molecular complexity index is 975. The fraction of sp³-hybridized carbons (Fsp3) is 0.500. The minimum atomic E-state index is -0.695. The Morgan fingerprint density at radius 1 is 0.861 bits per heavy atom. The number of hydrogen-bond acceptors (Lipinski definition) is 8. The van der Waals surface area contributed by atoms with Gasteiger partial charge < -0.3 is 19.1 Å². The van der Waals surface area contributed by atoms with Crippen molar-refractivity contribution in [2.45, 2.75) is 66.7 Å². The molecule has 0 aliphatic rings. The SMILES string of the molecule is C=CCO/N=C(/C(=O)Oc1ccc(C(C)(C)C)cc1OC(=O)/C(=N/OCC=C)[C@@H](C)CC)C(C)CC. The van der Waals surface area contributed by atoms with Gasteiger partial charge >= 0.3 is 11.9 Å². The molecule has 0 saturated heterocycles. The predicted molar refractivity (Wildman–Crippen MR) is 142 cm³/mol. The van der Waals surface area contributed by atoms with Gasteiger partial charge in [0.05, 0.1) is 0 Å². The number of hydrogen-bond donors (Lipinski definition) is 0. The number of oxime groups is 2. The highest BCUT2D eigenvalue weighted by Crippen LogP contribution is 2.34. The molecule has 0 aliphatic carbocycles. The van der Waals surface area contributed by atoms with E-state index in [1.165, 1.54) is 12.2 Å². The second-order valence-electron chi connectivity index (χ2n) is 9.43. The minimum absolute atomic E-state index is 0.0802. The van der Waals surface area contributed by atoms with Crippen LogP contribution in [0.2, 0.25) is 0 Å². The summed E-state index contributed by atoms with van der Waals surface area (Å²) in [7, 11) is 0. The van der Waals surface area contributed by atoms with Gasteiger partial charge in [-0.1, -0.05) is 90.2 Å². The van der Waals surface area contributed by atoms with E-state index in [0.29, 0.717) is 12.8 Å². The maximum Gasteiger partial charge on any atom is 0.361 e. The summed E-state index contributed by atoms with van der Waals surface area (Å²) in [6.45, 7) is 21.1. The Kier molecular flexibility index (Phi) is 12.6. The lowest BCUT2D eigenvalue weighted by Gasteiger charge is -2.21. The Hall–Kier alpha value is -3.42. The third kappa shape index (κ3) is 9.32. The molecule has 1 aromatic carbocycles. The molecule has 0 saturated carbocycles. The average Bonchev–Trinajstić information content (AvgIpc) is 2.83. The summed E-state index contributed by atoms with van der Waals surface area (Å²) in [5.41, 5.74) is 0.889. The molecule has 8 nitrogen and oxygen atoms in total. The largest absolute Gasteiger partial charge is 0.418 e. The summed E-state index contributed by atoms with van der Waals surface area (Å²) in [6.07, 6.45) is 4.36. The fourth-order valence-electron chi connectivity index (χ4n) is 2.81. The van der Waals surface area contributed by atoms with Crippen molar-refractivity contribution in [2.24, 2.45) is 22.1 Å². The molecule has 0 aliphatic heterocycles. The van der Waals surface area contributed by atoms with Gasteiger partial charge in [-0.15, -0.1) is 0 Å². The molecular weight excluding hydrogens is 460 g/mol. The van der Waals surface area contributed by atoms with Crippen LogP contribution < -0.4 is 9.47 Å². The van der Waals surface area contributed by atoms with E-state index in [9.17, 15) is 9.59 Å². The lowest BCUT2D eigenvalue weighted by molar-refractivity contribution is -0.130. The van der Waals surface area contributed by atoms with Crippen molar-refractivity contribution in [1.82, 2.24) is 0 Å². The van der Waals surface area contributed by atoms with Gasteiger partial charge in [-0.2, -0.15) is 0 Å². The van der Waals surface area contributed by atoms with Gasteiger partial charge in [0.2, 0.25) is 0 Å². The number of carbonyl (C=O) groups is 2. The van der Waals surface area contributed by atoms with Crippen molar-refractivity contribution >= 4 is 23.4 Å². The van der Waals surface area contributed by atoms with E-state index in [0.717, 1.165) is 5.56 Å². The van der Waals surface area contributed by atoms with Crippen molar-refractivity contribution in [3.05, 3.63) is 49.1 Å². The fourth-order valence-corrected chi connectivity index (χ4v) is 2.81. The van der Waals surface area contributed by atoms with E-state index in [-0.39, 0.29) is 53.4 Å². The second kappa shape index (κ2) is 14.9. The molecule has 2 atom stereocenters. The Labute approximate surface area is 215 Å². The number of rotatable bonds is 14. The summed E-state index contributed by atoms with van der Waals surface area (Å²) < 4.78 is 11.4. The van der Waals surface area contributed by atoms with Crippen LogP contribution in [0.15, 0.2) is 53.8 Å². The Balaban J connectivity index is 3.41. The monoisotopic (exact) mass is 500 g/mol. The minimum Gasteiger partial charge on any atom is -0.418 e. The Morgan fingerprint density at radius 2 is 1.31 bits per heavy atom. The molecule has 0 amide bonds. The quantitative estimate of drug-likeness (QED) is 0.0776. The molecule has 8 heteroatoms. The van der Waals surface area contributed by atoms with Gasteiger partial charge in [0.15, 0.2) is 22.9 Å². The lowest BCUT2D eigenvalue weighted by Crippen LogP contribution is -2.29. The molecule has 1 rings (SSSR count). The smallest absolute Gasteiger partial charge is 0.361 e. The first kappa shape index (κ1) is 30.6. The van der Waals surface area contributed by atoms with Crippen molar-refractivity contribution < 1.29 is 28.7 Å². The molecule has 0 fully saturated rings. The third-order valence-electron chi connectivity index (χ3n) is 5.50. The highest BCUT2D eigenvalue weighted by Gasteiger charge is 2.27. The first-order chi connectivity index (χ1) is 17.0. The van der Waals surface area contributed by atoms with Gasteiger partial charge in [0.1, 0.15) is 13.2 Å². The molecule has 0 radical (unpaired) electrons. The molecule has 0 aromatic heterocycles. The molecule has 0 heterocycles. The van der Waals surface area contributed by atoms with E-state index in [4.69, 9.17) is 19.1 Å². The number of benzene rings is 1. The number of ether oxygens (including phenoxy) is 2. The van der Waals surface area contributed by atoms with Crippen molar-refractivity contribution in [3.63, 3.8) is 0 Å². The Morgan fingerprint density at radius 3 is 1.69 bits per heavy atom. The van der Waals surface area contributed by atoms with Crippen LogP contribution in [-0.4, -0.2) is 36.6 Å². The highest BCUT2D eigenvalue weighted by molar-refractivity contribution is 6.38. The van der Waals surface area contributed by atoms with Crippen LogP contribution in [0.5, 0.6) is 11.5 Å². The zero-order valence-electron chi connectivity index (χ0n) is 22.6. The molecular formula is C28H40N2O6. The average molecular weight is 501 g/mol. The normalized spacial score (nSPS) is 13.9. The van der Waals surface area contributed by atoms with Crippen LogP contribution in [0, 0.1) is 11.8 Å². The zero-order chi connectivity index (χ0) is 27.3. The first-order valence-corrected chi connectivity index (χ1v) is 12.2. The van der Waals surface area contributed by atoms with Gasteiger partial charge in [-0.05, 0) is 36.0 Å². The molecule has 0 bridgehead atoms. The van der Waals surface area contributed by atoms with Crippen LogP contribution in [0.4, 0.5) is 0 Å². The lowest BCUT2D eigenvalue weighted by atomic mass is 9.87. The number of nitrogens with zero attached hydrogens (tertiary/aromatic N) is 2. The molecule has 198 valence electrons. The number of esters is 2. The third-order valence-corrected chi connectivity index (χ3v) is 5.50. The van der Waals surface area contributed by atoms with Gasteiger partial charge in [0.25, 0.3) is 0 Å². The van der Waals surface area contributed by atoms with Crippen LogP contribution in [0.25, 0.3) is 0 Å². The van der Waals surface area contributed by atoms with Gasteiger partial charge in [0, 0.05) is 11.8 Å². The molecule has 1 unspecified atom stereocenters. The van der Waals surface area contributed by atoms with Crippen LogP contribution in [0.1, 0.15) is 66.9 Å². The van der Waals surface area contributed by atoms with Crippen molar-refractivity contribution in [1.29, 1.82) is 0 Å². The molecule has 1 aromatic rings. The van der Waals surface area contributed by atoms with Crippen molar-refractivity contribution in [3.8, 4) is 11.5 Å². The van der Waals surface area contributed by atoms with Gasteiger partial charge in [-0.3, -0.25) is 0 Å². The standard InChI is InChI=1S/C28H40N2O6/c1-10-16-33-29-24(19(5)12-3)26(31)35-22-15-14-21(28(7,8)9)18-23(22)36-27(32)25(20(6)13-4)30-34-17-11-2/h10-11,14-15,18-20H,1-2,12-13,16-17H2,3-9H3/b29-24+,30-25+/t19?,20-/m0/s1. The van der Waals surface area contributed by atoms with Crippen LogP contribution in [0.3, 0.4) is 0 Å². The predicted octanol–water partition coefficient (Wildman–Crippen LogP) is 6.00. The molecule has 0 spiro atoms. The summed E-state index contributed by atoms with van der Waals surface area (Å²) in [5, 5.41) is 7.92. The zero-order valence-corrected chi connectivity index (χ0v) is 22.6. The second-order valence-corrected chi connectivity index (χ2v) is 9.43. The van der Waals surface area contributed by atoms with E-state index in [1.807, 2.05) is 54.5 Å². The summed E-state index contributed by atoms with van der Waals surface area (Å²) >= 11 is 0. The van der Waals surface area contributed by atoms with E-state index in [1.54, 1.807) is 12.1 Å². The van der Waals surface area contributed by atoms with Crippen molar-refractivity contribution in [2.75, 3.05) is 13.2 Å². The molecule has 36 heavy (non-hydrogen) atoms. The van der Waals surface area contributed by atoms with Crippen LogP contribution >= 0.6 is 0 Å². The highest BCUT2D eigenvalue weighted by atomic mass is 16.6. The maximum atomic E-state index is 13.1. The summed E-state index contributed by atoms with van der Waals surface area (Å²) in [4.78, 5) is 36.5. The first-order valence-electron chi connectivity index (χ1n) is 12.2. The number of carbonyl (C=O) groups excluding carboxylic acids is 2. The topological polar surface area (TPSA) is 95.8 Å². The van der Waals surface area contributed by atoms with E-state index in [2.05, 4.69) is 23.5 Å². The summed E-state index contributed by atoms with van der Waals surface area (Å²) in [5.74, 6) is -1.65.